The summed E-state index contributed by atoms with van der Waals surface area (Å²) in [4.78, 5) is 17.5. The highest BCUT2D eigenvalue weighted by Gasteiger charge is 2.44. The van der Waals surface area contributed by atoms with Crippen LogP contribution in [0.1, 0.15) is 60.6 Å². The average molecular weight is 668 g/mol. The van der Waals surface area contributed by atoms with Crippen molar-refractivity contribution in [2.75, 3.05) is 24.5 Å². The fourth-order valence-corrected chi connectivity index (χ4v) is 5.80. The summed E-state index contributed by atoms with van der Waals surface area (Å²) < 4.78 is 128. The number of hydrogen-bond acceptors (Lipinski definition) is 5. The van der Waals surface area contributed by atoms with Gasteiger partial charge in [-0.1, -0.05) is 5.10 Å². The van der Waals surface area contributed by atoms with Crippen molar-refractivity contribution in [1.82, 2.24) is 9.80 Å². The molecule has 0 saturated carbocycles. The molecule has 2 saturated heterocycles. The Bertz CT molecular complexity index is 1440. The Morgan fingerprint density at radius 2 is 1.52 bits per heavy atom. The van der Waals surface area contributed by atoms with E-state index in [0.29, 0.717) is 50.3 Å². The molecule has 4 rings (SSSR count). The van der Waals surface area contributed by atoms with E-state index < -0.39 is 65.6 Å². The van der Waals surface area contributed by atoms with Gasteiger partial charge in [0.15, 0.2) is 0 Å². The van der Waals surface area contributed by atoms with Gasteiger partial charge >= 0.3 is 24.6 Å². The van der Waals surface area contributed by atoms with Gasteiger partial charge in [0.1, 0.15) is 6.10 Å². The molecule has 252 valence electrons. The first-order chi connectivity index (χ1) is 21.3. The molecule has 0 aliphatic carbocycles. The molecule has 0 spiro atoms. The number of carbonyl (C=O) groups is 1. The monoisotopic (exact) mass is 667 g/mol. The fraction of sp³-hybridized carbons (Fsp3) is 0.500. The Kier molecular flexibility index (Phi) is 9.68. The minimum absolute atomic E-state index is 0.0472. The number of halogens is 9. The molecular formula is C28H30F9N7O2. The normalized spacial score (nSPS) is 20.2. The highest BCUT2D eigenvalue weighted by atomic mass is 19.4. The van der Waals surface area contributed by atoms with Gasteiger partial charge in [-0.25, -0.2) is 4.79 Å². The van der Waals surface area contributed by atoms with E-state index in [1.54, 1.807) is 11.8 Å². The number of nitrogens with one attached hydrogen (secondary N) is 1. The van der Waals surface area contributed by atoms with E-state index in [-0.39, 0.29) is 23.6 Å². The highest BCUT2D eigenvalue weighted by molar-refractivity contribution is 5.78. The minimum atomic E-state index is -5.14. The van der Waals surface area contributed by atoms with Crippen LogP contribution >= 0.6 is 0 Å². The number of benzene rings is 2. The van der Waals surface area contributed by atoms with Crippen LogP contribution in [-0.2, 0) is 29.8 Å². The second kappa shape index (κ2) is 12.9. The predicted octanol–water partition coefficient (Wildman–Crippen LogP) is 7.38. The van der Waals surface area contributed by atoms with Crippen molar-refractivity contribution in [3.8, 4) is 0 Å². The Morgan fingerprint density at radius 3 is 2.02 bits per heavy atom. The molecule has 1 amide bonds. The topological polar surface area (TPSA) is 111 Å². The van der Waals surface area contributed by atoms with Gasteiger partial charge in [-0.3, -0.25) is 4.90 Å². The molecular weight excluding hydrogens is 637 g/mol. The summed E-state index contributed by atoms with van der Waals surface area (Å²) in [5.41, 5.74) is 8.33. The third-order valence-electron chi connectivity index (χ3n) is 8.11. The number of likely N-dealkylation sites (tertiary alicyclic amines) is 1. The maximum absolute atomic E-state index is 13.8. The molecule has 9 nitrogen and oxygen atoms in total. The van der Waals surface area contributed by atoms with Crippen LogP contribution in [0.15, 0.2) is 46.7 Å². The lowest BCUT2D eigenvalue weighted by Crippen LogP contribution is -2.49. The maximum atomic E-state index is 13.8. The first-order valence-electron chi connectivity index (χ1n) is 14.0. The summed E-state index contributed by atoms with van der Waals surface area (Å²) in [7, 11) is 0. The quantitative estimate of drug-likeness (QED) is 0.105. The van der Waals surface area contributed by atoms with E-state index in [4.69, 9.17) is 16.0 Å². The number of nitrogens with two attached hydrogens (primary N) is 1. The second-order valence-electron chi connectivity index (χ2n) is 10.9. The summed E-state index contributed by atoms with van der Waals surface area (Å²) in [6.07, 6.45) is -16.7. The summed E-state index contributed by atoms with van der Waals surface area (Å²) in [6, 6.07) is 2.58. The van der Waals surface area contributed by atoms with Crippen molar-refractivity contribution in [1.29, 1.82) is 5.53 Å². The van der Waals surface area contributed by atoms with Gasteiger partial charge in [0.05, 0.1) is 29.3 Å². The molecule has 46 heavy (non-hydrogen) atoms. The van der Waals surface area contributed by atoms with Gasteiger partial charge in [-0.2, -0.15) is 45.0 Å². The van der Waals surface area contributed by atoms with Crippen LogP contribution in [0.2, 0.25) is 0 Å². The summed E-state index contributed by atoms with van der Waals surface area (Å²) in [5.74, 6) is 0.0472. The SMILES string of the molecule is CCN(c1ccc(C(F)(F)F)cc1CN1C(=O)O[C@H](c2cc(C(F)(F)F)cc(C(F)(F)F)c2)[C@@H]1C)C1CCN(C(N)=NN=N)CC1. The lowest BCUT2D eigenvalue weighted by atomic mass is 9.97. The third-order valence-corrected chi connectivity index (χ3v) is 8.11. The number of nitrogens with zero attached hydrogens (tertiary/aromatic N) is 5. The van der Waals surface area contributed by atoms with Gasteiger partial charge in [-0.05, 0) is 79.4 Å². The van der Waals surface area contributed by atoms with Crippen molar-refractivity contribution in [3.63, 3.8) is 0 Å². The van der Waals surface area contributed by atoms with Crippen LogP contribution in [0.4, 0.5) is 50.0 Å². The van der Waals surface area contributed by atoms with Crippen LogP contribution in [0.25, 0.3) is 0 Å². The molecule has 2 aliphatic heterocycles. The molecule has 0 aromatic heterocycles. The van der Waals surface area contributed by atoms with Crippen LogP contribution < -0.4 is 10.6 Å². The lowest BCUT2D eigenvalue weighted by Gasteiger charge is -2.40. The van der Waals surface area contributed by atoms with E-state index in [1.165, 1.54) is 13.0 Å². The van der Waals surface area contributed by atoms with Crippen LogP contribution in [-0.4, -0.2) is 53.6 Å². The van der Waals surface area contributed by atoms with Gasteiger partial charge in [0.2, 0.25) is 5.96 Å². The van der Waals surface area contributed by atoms with Crippen molar-refractivity contribution in [3.05, 3.63) is 64.2 Å². The molecule has 0 radical (unpaired) electrons. The Morgan fingerprint density at radius 1 is 0.957 bits per heavy atom. The number of hydrogen-bond donors (Lipinski definition) is 2. The smallest absolute Gasteiger partial charge is 0.416 e. The molecule has 0 unspecified atom stereocenters. The number of guanidine groups is 1. The summed E-state index contributed by atoms with van der Waals surface area (Å²) in [5, 5.41) is 6.42. The Balaban J connectivity index is 1.67. The first kappa shape index (κ1) is 34.6. The summed E-state index contributed by atoms with van der Waals surface area (Å²) >= 11 is 0. The van der Waals surface area contributed by atoms with E-state index >= 15 is 0 Å². The average Bonchev–Trinajstić information content (AvgIpc) is 3.25. The molecule has 3 N–H and O–H groups in total. The molecule has 2 heterocycles. The van der Waals surface area contributed by atoms with Gasteiger partial charge < -0.3 is 20.3 Å². The van der Waals surface area contributed by atoms with E-state index in [2.05, 4.69) is 10.3 Å². The maximum Gasteiger partial charge on any atom is 0.416 e. The number of piperidine rings is 1. The largest absolute Gasteiger partial charge is 0.439 e. The van der Waals surface area contributed by atoms with Crippen LogP contribution in [0, 0.1) is 5.53 Å². The Hall–Kier alpha value is -4.25. The van der Waals surface area contributed by atoms with Crippen molar-refractivity contribution < 1.29 is 49.0 Å². The number of anilines is 1. The second-order valence-corrected chi connectivity index (χ2v) is 10.9. The number of cyclic esters (lactones) is 1. The molecule has 2 aromatic carbocycles. The Labute approximate surface area is 257 Å². The first-order valence-corrected chi connectivity index (χ1v) is 14.0. The summed E-state index contributed by atoms with van der Waals surface area (Å²) in [6.45, 7) is 3.82. The van der Waals surface area contributed by atoms with Crippen molar-refractivity contribution in [2.24, 2.45) is 16.1 Å². The van der Waals surface area contributed by atoms with Gasteiger partial charge in [-0.15, -0.1) is 0 Å². The van der Waals surface area contributed by atoms with Crippen molar-refractivity contribution in [2.45, 2.75) is 70.0 Å². The number of carbonyl (C=O) groups excluding carboxylic acids is 1. The number of amides is 1. The molecule has 2 atom stereocenters. The molecule has 2 aliphatic rings. The zero-order chi connectivity index (χ0) is 34.2. The van der Waals surface area contributed by atoms with E-state index in [9.17, 15) is 44.3 Å². The lowest BCUT2D eigenvalue weighted by molar-refractivity contribution is -0.143. The van der Waals surface area contributed by atoms with Crippen LogP contribution in [0.3, 0.4) is 0 Å². The number of alkyl halides is 9. The number of ether oxygens (including phenoxy) is 1. The number of rotatable bonds is 7. The predicted molar refractivity (Wildman–Crippen MR) is 147 cm³/mol. The van der Waals surface area contributed by atoms with Crippen molar-refractivity contribution >= 4 is 17.7 Å². The van der Waals surface area contributed by atoms with Gasteiger partial charge in [0.25, 0.3) is 0 Å². The van der Waals surface area contributed by atoms with Crippen LogP contribution in [0.5, 0.6) is 0 Å². The zero-order valence-corrected chi connectivity index (χ0v) is 24.5. The zero-order valence-electron chi connectivity index (χ0n) is 24.5. The molecule has 18 heteroatoms. The molecule has 2 fully saturated rings. The van der Waals surface area contributed by atoms with E-state index in [0.717, 1.165) is 17.0 Å². The highest BCUT2D eigenvalue weighted by Crippen LogP contribution is 2.42. The fourth-order valence-electron chi connectivity index (χ4n) is 5.80. The van der Waals surface area contributed by atoms with E-state index in [1.807, 2.05) is 4.90 Å². The molecule has 2 aromatic rings. The minimum Gasteiger partial charge on any atom is -0.439 e. The molecule has 0 bridgehead atoms. The standard InChI is InChI=1S/C28H30F9N7O2/c1-3-43(21-6-8-42(9-7-21)24(38)40-41-39)22-5-4-18(26(29,30)31)12-17(22)14-44-15(2)23(46-25(44)45)16-10-19(27(32,33)34)13-20(11-16)28(35,36)37/h4-5,10-13,15,21,23H,3,6-9,14H2,1-2H3,(H3,38,39,40)/t15-,23-/m0/s1. The third kappa shape index (κ3) is 7.41. The van der Waals surface area contributed by atoms with Gasteiger partial charge in [0, 0.05) is 31.4 Å².